The van der Waals surface area contributed by atoms with Crippen LogP contribution in [-0.4, -0.2) is 40.6 Å². The van der Waals surface area contributed by atoms with E-state index in [1.54, 1.807) is 56.6 Å². The molecule has 0 saturated heterocycles. The maximum Gasteiger partial charge on any atom is 0.240 e. The van der Waals surface area contributed by atoms with Gasteiger partial charge in [-0.2, -0.15) is 0 Å². The number of pyridine rings is 1. The van der Waals surface area contributed by atoms with Crippen LogP contribution < -0.4 is 10.5 Å². The molecule has 2 heterocycles. The van der Waals surface area contributed by atoms with E-state index in [9.17, 15) is 13.5 Å². The van der Waals surface area contributed by atoms with Crippen LogP contribution in [-0.2, 0) is 10.0 Å². The number of aliphatic hydroxyl groups is 1. The molecule has 4 N–H and O–H groups in total. The van der Waals surface area contributed by atoms with Gasteiger partial charge in [0.15, 0.2) is 0 Å². The van der Waals surface area contributed by atoms with E-state index >= 15 is 0 Å². The lowest BCUT2D eigenvalue weighted by Crippen LogP contribution is -2.30. The molecule has 0 aliphatic carbocycles. The number of hydrogen-bond donors (Lipinski definition) is 3. The predicted molar refractivity (Wildman–Crippen MR) is 116 cm³/mol. The third kappa shape index (κ3) is 5.18. The maximum atomic E-state index is 12.7. The van der Waals surface area contributed by atoms with Crippen molar-refractivity contribution in [3.63, 3.8) is 0 Å². The zero-order valence-corrected chi connectivity index (χ0v) is 17.9. The predicted octanol–water partition coefficient (Wildman–Crippen LogP) is 2.54. The fourth-order valence-corrected chi connectivity index (χ4v) is 3.93. The van der Waals surface area contributed by atoms with E-state index in [-0.39, 0.29) is 17.3 Å². The third-order valence-electron chi connectivity index (χ3n) is 4.58. The number of rotatable bonds is 7. The summed E-state index contributed by atoms with van der Waals surface area (Å²) >= 11 is 0. The summed E-state index contributed by atoms with van der Waals surface area (Å²) in [6, 6.07) is 8.40. The Bertz CT molecular complexity index is 1140. The van der Waals surface area contributed by atoms with E-state index in [1.807, 2.05) is 6.92 Å². The minimum absolute atomic E-state index is 0.114. The number of nitrogens with zero attached hydrogens (tertiary/aromatic N) is 3. The van der Waals surface area contributed by atoms with Crippen LogP contribution in [0.2, 0.25) is 0 Å². The molecule has 30 heavy (non-hydrogen) atoms. The van der Waals surface area contributed by atoms with Gasteiger partial charge in [0.1, 0.15) is 11.5 Å². The lowest BCUT2D eigenvalue weighted by molar-refractivity contribution is 0.0728. The number of aryl methyl sites for hydroxylation is 1. The molecular formula is C21H25N5O3S. The highest BCUT2D eigenvalue weighted by atomic mass is 32.2. The summed E-state index contributed by atoms with van der Waals surface area (Å²) in [4.78, 5) is 13.0. The van der Waals surface area contributed by atoms with Gasteiger partial charge in [0.25, 0.3) is 0 Å². The quantitative estimate of drug-likeness (QED) is 0.528. The lowest BCUT2D eigenvalue weighted by atomic mass is 10.1. The van der Waals surface area contributed by atoms with Crippen molar-refractivity contribution in [2.45, 2.75) is 37.7 Å². The SMILES string of the molecule is Cc1ccc(S(=O)(=O)NCCC(C)(C)O)cc1-c1cnc(N)c(-c2ccncc2)n1. The second-order valence-electron chi connectivity index (χ2n) is 7.66. The van der Waals surface area contributed by atoms with Crippen LogP contribution in [0.15, 0.2) is 53.8 Å². The molecule has 9 heteroatoms. The minimum atomic E-state index is -3.74. The van der Waals surface area contributed by atoms with Gasteiger partial charge in [-0.05, 0) is 57.0 Å². The Morgan fingerprint density at radius 2 is 1.87 bits per heavy atom. The van der Waals surface area contributed by atoms with Gasteiger partial charge in [0, 0.05) is 30.1 Å². The molecule has 0 atom stereocenters. The average Bonchev–Trinajstić information content (AvgIpc) is 2.68. The number of sulfonamides is 1. The van der Waals surface area contributed by atoms with Crippen LogP contribution in [0.5, 0.6) is 0 Å². The number of nitrogens with two attached hydrogens (primary N) is 1. The molecule has 3 aromatic rings. The summed E-state index contributed by atoms with van der Waals surface area (Å²) in [7, 11) is -3.74. The van der Waals surface area contributed by atoms with Crippen LogP contribution in [0.25, 0.3) is 22.5 Å². The Balaban J connectivity index is 1.96. The molecule has 0 bridgehead atoms. The zero-order chi connectivity index (χ0) is 21.9. The van der Waals surface area contributed by atoms with Gasteiger partial charge in [0.05, 0.1) is 22.4 Å². The Kier molecular flexibility index (Phi) is 6.16. The van der Waals surface area contributed by atoms with Crippen LogP contribution >= 0.6 is 0 Å². The molecule has 158 valence electrons. The Morgan fingerprint density at radius 3 is 2.53 bits per heavy atom. The second kappa shape index (κ2) is 8.47. The van der Waals surface area contributed by atoms with Gasteiger partial charge in [-0.3, -0.25) is 4.98 Å². The van der Waals surface area contributed by atoms with E-state index in [0.29, 0.717) is 23.4 Å². The summed E-state index contributed by atoms with van der Waals surface area (Å²) in [5.41, 5.74) is 8.34. The number of nitrogens with one attached hydrogen (secondary N) is 1. The van der Waals surface area contributed by atoms with Crippen molar-refractivity contribution in [3.8, 4) is 22.5 Å². The van der Waals surface area contributed by atoms with Crippen molar-refractivity contribution in [2.24, 2.45) is 0 Å². The zero-order valence-electron chi connectivity index (χ0n) is 17.1. The highest BCUT2D eigenvalue weighted by Crippen LogP contribution is 2.29. The molecule has 0 fully saturated rings. The van der Waals surface area contributed by atoms with E-state index < -0.39 is 15.6 Å². The van der Waals surface area contributed by atoms with Crippen molar-refractivity contribution in [2.75, 3.05) is 12.3 Å². The normalized spacial score (nSPS) is 12.1. The Morgan fingerprint density at radius 1 is 1.17 bits per heavy atom. The second-order valence-corrected chi connectivity index (χ2v) is 9.43. The number of benzene rings is 1. The topological polar surface area (TPSA) is 131 Å². The van der Waals surface area contributed by atoms with Gasteiger partial charge in [-0.15, -0.1) is 0 Å². The molecule has 0 spiro atoms. The number of hydrogen-bond acceptors (Lipinski definition) is 7. The summed E-state index contributed by atoms with van der Waals surface area (Å²) in [5, 5.41) is 9.79. The van der Waals surface area contributed by atoms with Crippen LogP contribution in [0.1, 0.15) is 25.8 Å². The summed E-state index contributed by atoms with van der Waals surface area (Å²) in [6.07, 6.45) is 5.10. The number of aromatic nitrogens is 3. The van der Waals surface area contributed by atoms with Gasteiger partial charge >= 0.3 is 0 Å². The molecule has 0 amide bonds. The van der Waals surface area contributed by atoms with Gasteiger partial charge in [-0.25, -0.2) is 23.1 Å². The van der Waals surface area contributed by atoms with E-state index in [1.165, 1.54) is 6.20 Å². The fraction of sp³-hybridized carbons (Fsp3) is 0.286. The first-order valence-electron chi connectivity index (χ1n) is 9.43. The van der Waals surface area contributed by atoms with Crippen molar-refractivity contribution >= 4 is 15.8 Å². The van der Waals surface area contributed by atoms with Crippen LogP contribution in [0.3, 0.4) is 0 Å². The Hall–Kier alpha value is -2.88. The number of nitrogen functional groups attached to an aromatic ring is 1. The summed E-state index contributed by atoms with van der Waals surface area (Å²) < 4.78 is 27.9. The van der Waals surface area contributed by atoms with Crippen LogP contribution in [0.4, 0.5) is 5.82 Å². The van der Waals surface area contributed by atoms with Crippen molar-refractivity contribution in [3.05, 3.63) is 54.5 Å². The van der Waals surface area contributed by atoms with Gasteiger partial charge < -0.3 is 10.8 Å². The molecule has 0 aliphatic rings. The van der Waals surface area contributed by atoms with Gasteiger partial charge in [0.2, 0.25) is 10.0 Å². The molecule has 0 radical (unpaired) electrons. The van der Waals surface area contributed by atoms with Crippen molar-refractivity contribution in [1.29, 1.82) is 0 Å². The molecule has 3 rings (SSSR count). The largest absolute Gasteiger partial charge is 0.390 e. The monoisotopic (exact) mass is 427 g/mol. The first kappa shape index (κ1) is 21.8. The highest BCUT2D eigenvalue weighted by Gasteiger charge is 2.19. The minimum Gasteiger partial charge on any atom is -0.390 e. The van der Waals surface area contributed by atoms with Crippen LogP contribution in [0, 0.1) is 6.92 Å². The average molecular weight is 428 g/mol. The fourth-order valence-electron chi connectivity index (χ4n) is 2.87. The molecule has 0 unspecified atom stereocenters. The standard InChI is InChI=1S/C21H25N5O3S/c1-14-4-5-16(30(28,29)25-11-8-21(2,3)27)12-17(14)18-13-24-20(22)19(26-18)15-6-9-23-10-7-15/h4-7,9-10,12-13,25,27H,8,11H2,1-3H3,(H2,22,24). The molecular weight excluding hydrogens is 402 g/mol. The molecule has 8 nitrogen and oxygen atoms in total. The number of anilines is 1. The van der Waals surface area contributed by atoms with E-state index in [2.05, 4.69) is 19.7 Å². The van der Waals surface area contributed by atoms with E-state index in [0.717, 1.165) is 11.1 Å². The molecule has 2 aromatic heterocycles. The summed E-state index contributed by atoms with van der Waals surface area (Å²) in [5.74, 6) is 0.277. The van der Waals surface area contributed by atoms with Crippen molar-refractivity contribution < 1.29 is 13.5 Å². The lowest BCUT2D eigenvalue weighted by Gasteiger charge is -2.17. The highest BCUT2D eigenvalue weighted by molar-refractivity contribution is 7.89. The smallest absolute Gasteiger partial charge is 0.240 e. The van der Waals surface area contributed by atoms with Crippen molar-refractivity contribution in [1.82, 2.24) is 19.7 Å². The van der Waals surface area contributed by atoms with E-state index in [4.69, 9.17) is 5.73 Å². The third-order valence-corrected chi connectivity index (χ3v) is 6.04. The molecule has 0 saturated carbocycles. The molecule has 1 aromatic carbocycles. The Labute approximate surface area is 176 Å². The first-order valence-corrected chi connectivity index (χ1v) is 10.9. The first-order chi connectivity index (χ1) is 14.1. The summed E-state index contributed by atoms with van der Waals surface area (Å²) in [6.45, 7) is 5.26. The molecule has 0 aliphatic heterocycles. The maximum absolute atomic E-state index is 12.7. The van der Waals surface area contributed by atoms with Gasteiger partial charge in [-0.1, -0.05) is 6.07 Å².